The molecule has 5 nitrogen and oxygen atoms in total. The third-order valence-corrected chi connectivity index (χ3v) is 2.44. The molecule has 0 fully saturated rings. The van der Waals surface area contributed by atoms with Crippen LogP contribution in [0.15, 0.2) is 17.4 Å². The number of methoxy groups -OCH3 is 1. The van der Waals surface area contributed by atoms with Crippen molar-refractivity contribution in [1.29, 1.82) is 0 Å². The number of ether oxygens (including phenoxy) is 2. The van der Waals surface area contributed by atoms with Gasteiger partial charge in [0, 0.05) is 32.8 Å². The smallest absolute Gasteiger partial charge is 0.306 e. The third kappa shape index (κ3) is 9.55. The zero-order valence-corrected chi connectivity index (χ0v) is 13.4. The van der Waals surface area contributed by atoms with E-state index in [0.717, 1.165) is 0 Å². The number of carbonyl (C=O) groups is 1. The molecule has 0 heterocycles. The summed E-state index contributed by atoms with van der Waals surface area (Å²) in [5, 5.41) is 0. The standard InChI is InChI=1S/C15H28N2O3/c1-7-16-13(2)17(11-12-19-6)10-8-9-14(18)20-15(3,4)5/h7H,2,8-12H2,1,3-6H3/b16-7+. The average molecular weight is 284 g/mol. The van der Waals surface area contributed by atoms with Crippen LogP contribution in [0, 0.1) is 0 Å². The number of esters is 1. The van der Waals surface area contributed by atoms with Gasteiger partial charge in [0.2, 0.25) is 0 Å². The number of carbonyl (C=O) groups excluding carboxylic acids is 1. The number of rotatable bonds is 9. The molecule has 0 aromatic heterocycles. The van der Waals surface area contributed by atoms with Gasteiger partial charge in [0.25, 0.3) is 0 Å². The minimum Gasteiger partial charge on any atom is -0.460 e. The van der Waals surface area contributed by atoms with Gasteiger partial charge >= 0.3 is 5.97 Å². The van der Waals surface area contributed by atoms with E-state index in [1.165, 1.54) is 0 Å². The fourth-order valence-electron chi connectivity index (χ4n) is 1.61. The molecule has 0 aromatic carbocycles. The van der Waals surface area contributed by atoms with Crippen molar-refractivity contribution < 1.29 is 14.3 Å². The lowest BCUT2D eigenvalue weighted by atomic mass is 10.2. The van der Waals surface area contributed by atoms with E-state index in [0.29, 0.717) is 38.4 Å². The molecular formula is C15H28N2O3. The first-order valence-electron chi connectivity index (χ1n) is 6.93. The van der Waals surface area contributed by atoms with Gasteiger partial charge in [0.1, 0.15) is 11.4 Å². The predicted molar refractivity (Wildman–Crippen MR) is 81.8 cm³/mol. The summed E-state index contributed by atoms with van der Waals surface area (Å²) in [6.07, 6.45) is 2.80. The van der Waals surface area contributed by atoms with Gasteiger partial charge in [0.05, 0.1) is 6.61 Å². The van der Waals surface area contributed by atoms with Crippen LogP contribution in [0.1, 0.15) is 40.5 Å². The molecule has 0 aliphatic heterocycles. The van der Waals surface area contributed by atoms with Gasteiger partial charge in [0.15, 0.2) is 0 Å². The summed E-state index contributed by atoms with van der Waals surface area (Å²) in [5.41, 5.74) is -0.428. The Morgan fingerprint density at radius 1 is 1.35 bits per heavy atom. The molecule has 0 saturated carbocycles. The summed E-state index contributed by atoms with van der Waals surface area (Å²) in [6, 6.07) is 0. The maximum atomic E-state index is 11.6. The Bertz CT molecular complexity index is 333. The summed E-state index contributed by atoms with van der Waals surface area (Å²) in [5.74, 6) is 0.516. The molecule has 0 aromatic rings. The predicted octanol–water partition coefficient (Wildman–Crippen LogP) is 2.62. The van der Waals surface area contributed by atoms with Gasteiger partial charge in [-0.1, -0.05) is 6.58 Å². The van der Waals surface area contributed by atoms with Crippen molar-refractivity contribution in [3.8, 4) is 0 Å². The van der Waals surface area contributed by atoms with Gasteiger partial charge in [-0.15, -0.1) is 0 Å². The summed E-state index contributed by atoms with van der Waals surface area (Å²) < 4.78 is 10.3. The average Bonchev–Trinajstić information content (AvgIpc) is 2.31. The quantitative estimate of drug-likeness (QED) is 0.482. The second-order valence-electron chi connectivity index (χ2n) is 5.47. The maximum absolute atomic E-state index is 11.6. The van der Waals surface area contributed by atoms with Crippen LogP contribution in [0.4, 0.5) is 0 Å². The molecule has 0 spiro atoms. The normalized spacial score (nSPS) is 11.7. The Labute approximate surface area is 122 Å². The highest BCUT2D eigenvalue weighted by atomic mass is 16.6. The van der Waals surface area contributed by atoms with Crippen LogP contribution < -0.4 is 0 Å². The lowest BCUT2D eigenvalue weighted by Crippen LogP contribution is -2.28. The van der Waals surface area contributed by atoms with E-state index in [9.17, 15) is 4.79 Å². The molecule has 0 saturated heterocycles. The van der Waals surface area contributed by atoms with E-state index in [1.54, 1.807) is 13.3 Å². The topological polar surface area (TPSA) is 51.1 Å². The highest BCUT2D eigenvalue weighted by Gasteiger charge is 2.16. The molecule has 0 atom stereocenters. The van der Waals surface area contributed by atoms with Crippen LogP contribution in [0.3, 0.4) is 0 Å². The first-order valence-corrected chi connectivity index (χ1v) is 6.93. The molecule has 116 valence electrons. The van der Waals surface area contributed by atoms with E-state index in [2.05, 4.69) is 11.6 Å². The van der Waals surface area contributed by atoms with Crippen molar-refractivity contribution in [2.75, 3.05) is 26.8 Å². The number of hydrogen-bond donors (Lipinski definition) is 0. The molecule has 0 unspecified atom stereocenters. The zero-order chi connectivity index (χ0) is 15.6. The number of nitrogens with zero attached hydrogens (tertiary/aromatic N) is 2. The van der Waals surface area contributed by atoms with Gasteiger partial charge in [-0.2, -0.15) is 0 Å². The molecule has 0 N–H and O–H groups in total. The van der Waals surface area contributed by atoms with Crippen LogP contribution in [0.2, 0.25) is 0 Å². The molecule has 5 heteroatoms. The minimum absolute atomic E-state index is 0.172. The Morgan fingerprint density at radius 3 is 2.50 bits per heavy atom. The minimum atomic E-state index is -0.428. The highest BCUT2D eigenvalue weighted by molar-refractivity contribution is 5.69. The Morgan fingerprint density at radius 2 is 2.00 bits per heavy atom. The summed E-state index contributed by atoms with van der Waals surface area (Å²) >= 11 is 0. The summed E-state index contributed by atoms with van der Waals surface area (Å²) in [4.78, 5) is 17.8. The van der Waals surface area contributed by atoms with Gasteiger partial charge in [-0.3, -0.25) is 4.79 Å². The third-order valence-electron chi connectivity index (χ3n) is 2.44. The van der Waals surface area contributed by atoms with E-state index >= 15 is 0 Å². The Balaban J connectivity index is 4.19. The Hall–Kier alpha value is -1.36. The number of hydrogen-bond acceptors (Lipinski definition) is 5. The molecule has 20 heavy (non-hydrogen) atoms. The van der Waals surface area contributed by atoms with E-state index in [-0.39, 0.29) is 5.97 Å². The van der Waals surface area contributed by atoms with E-state index < -0.39 is 5.60 Å². The zero-order valence-electron chi connectivity index (χ0n) is 13.4. The van der Waals surface area contributed by atoms with E-state index in [4.69, 9.17) is 9.47 Å². The number of aliphatic imine (C=N–C) groups is 1. The maximum Gasteiger partial charge on any atom is 0.306 e. The summed E-state index contributed by atoms with van der Waals surface area (Å²) in [6.45, 7) is 13.4. The monoisotopic (exact) mass is 284 g/mol. The SMILES string of the molecule is C=C(/N=C/C)N(CCCC(=O)OC(C)(C)C)CCOC. The molecule has 0 rings (SSSR count). The van der Waals surface area contributed by atoms with Crippen LogP contribution in [0.5, 0.6) is 0 Å². The van der Waals surface area contributed by atoms with Crippen LogP contribution >= 0.6 is 0 Å². The fraction of sp³-hybridized carbons (Fsp3) is 0.733. The van der Waals surface area contributed by atoms with Crippen molar-refractivity contribution in [3.05, 3.63) is 12.4 Å². The van der Waals surface area contributed by atoms with Crippen molar-refractivity contribution in [1.82, 2.24) is 4.90 Å². The van der Waals surface area contributed by atoms with Gasteiger partial charge in [-0.25, -0.2) is 4.99 Å². The largest absolute Gasteiger partial charge is 0.460 e. The lowest BCUT2D eigenvalue weighted by molar-refractivity contribution is -0.154. The Kier molecular flexibility index (Phi) is 8.88. The van der Waals surface area contributed by atoms with Gasteiger partial charge in [-0.05, 0) is 34.1 Å². The summed E-state index contributed by atoms with van der Waals surface area (Å²) in [7, 11) is 1.66. The van der Waals surface area contributed by atoms with E-state index in [1.807, 2.05) is 32.6 Å². The van der Waals surface area contributed by atoms with Crippen molar-refractivity contribution in [3.63, 3.8) is 0 Å². The molecule has 0 amide bonds. The molecule has 0 radical (unpaired) electrons. The van der Waals surface area contributed by atoms with Crippen molar-refractivity contribution in [2.45, 2.75) is 46.1 Å². The molecule has 0 aliphatic carbocycles. The molecule has 0 aliphatic rings. The van der Waals surface area contributed by atoms with Crippen LogP contribution in [-0.4, -0.2) is 49.5 Å². The second-order valence-corrected chi connectivity index (χ2v) is 5.47. The second kappa shape index (κ2) is 9.53. The highest BCUT2D eigenvalue weighted by Crippen LogP contribution is 2.10. The first kappa shape index (κ1) is 18.6. The molecule has 0 bridgehead atoms. The lowest BCUT2D eigenvalue weighted by Gasteiger charge is -2.24. The van der Waals surface area contributed by atoms with Crippen LogP contribution in [0.25, 0.3) is 0 Å². The fourth-order valence-corrected chi connectivity index (χ4v) is 1.61. The van der Waals surface area contributed by atoms with Crippen molar-refractivity contribution in [2.24, 2.45) is 4.99 Å². The van der Waals surface area contributed by atoms with Gasteiger partial charge < -0.3 is 14.4 Å². The first-order chi connectivity index (χ1) is 9.30. The van der Waals surface area contributed by atoms with Crippen molar-refractivity contribution >= 4 is 12.2 Å². The molecular weight excluding hydrogens is 256 g/mol. The van der Waals surface area contributed by atoms with Crippen LogP contribution in [-0.2, 0) is 14.3 Å².